The zero-order valence-electron chi connectivity index (χ0n) is 14.0. The Morgan fingerprint density at radius 2 is 1.89 bits per heavy atom. The summed E-state index contributed by atoms with van der Waals surface area (Å²) in [5.74, 6) is -1.42. The summed E-state index contributed by atoms with van der Waals surface area (Å²) in [6.07, 6.45) is 3.47. The first-order valence-corrected chi connectivity index (χ1v) is 8.09. The molecule has 0 atom stereocenters. The van der Waals surface area contributed by atoms with Crippen molar-refractivity contribution in [1.82, 2.24) is 24.4 Å². The number of carboxylic acid groups (broad SMARTS) is 1. The highest BCUT2D eigenvalue weighted by Crippen LogP contribution is 2.18. The van der Waals surface area contributed by atoms with Crippen LogP contribution in [0.3, 0.4) is 0 Å². The SMILES string of the molecule is O=C(Cc1ccccc1)Nc1nc2c(-n3cccn3)ccc(C(=O)O)n2n1. The third-order valence-electron chi connectivity index (χ3n) is 3.89. The molecular weight excluding hydrogens is 348 g/mol. The van der Waals surface area contributed by atoms with Crippen LogP contribution in [0.4, 0.5) is 5.95 Å². The number of hydrogen-bond donors (Lipinski definition) is 2. The second kappa shape index (κ2) is 6.71. The number of hydrogen-bond acceptors (Lipinski definition) is 5. The van der Waals surface area contributed by atoms with Crippen LogP contribution in [0, 0.1) is 0 Å². The molecule has 27 heavy (non-hydrogen) atoms. The Labute approximate surface area is 152 Å². The van der Waals surface area contributed by atoms with Crippen LogP contribution in [0.5, 0.6) is 0 Å². The second-order valence-corrected chi connectivity index (χ2v) is 5.74. The average molecular weight is 362 g/mol. The first-order valence-electron chi connectivity index (χ1n) is 8.09. The molecule has 0 bridgehead atoms. The van der Waals surface area contributed by atoms with Gasteiger partial charge in [0, 0.05) is 12.4 Å². The largest absolute Gasteiger partial charge is 0.477 e. The van der Waals surface area contributed by atoms with E-state index in [0.29, 0.717) is 5.69 Å². The molecule has 0 spiro atoms. The summed E-state index contributed by atoms with van der Waals surface area (Å²) in [7, 11) is 0. The molecule has 1 amide bonds. The Balaban J connectivity index is 1.70. The van der Waals surface area contributed by atoms with E-state index in [0.717, 1.165) is 5.56 Å². The second-order valence-electron chi connectivity index (χ2n) is 5.74. The summed E-state index contributed by atoms with van der Waals surface area (Å²) in [4.78, 5) is 28.0. The number of carbonyl (C=O) groups is 2. The lowest BCUT2D eigenvalue weighted by Crippen LogP contribution is -2.15. The molecule has 0 saturated heterocycles. The molecule has 0 aliphatic heterocycles. The number of benzene rings is 1. The van der Waals surface area contributed by atoms with Gasteiger partial charge in [0.2, 0.25) is 11.9 Å². The van der Waals surface area contributed by atoms with Crippen LogP contribution in [-0.2, 0) is 11.2 Å². The van der Waals surface area contributed by atoms with Gasteiger partial charge in [-0.1, -0.05) is 30.3 Å². The van der Waals surface area contributed by atoms with E-state index in [1.807, 2.05) is 30.3 Å². The maximum Gasteiger partial charge on any atom is 0.354 e. The summed E-state index contributed by atoms with van der Waals surface area (Å²) in [6.45, 7) is 0. The predicted molar refractivity (Wildman–Crippen MR) is 95.8 cm³/mol. The van der Waals surface area contributed by atoms with Gasteiger partial charge >= 0.3 is 5.97 Å². The van der Waals surface area contributed by atoms with Crippen LogP contribution in [0.25, 0.3) is 11.3 Å². The zero-order chi connectivity index (χ0) is 18.8. The number of anilines is 1. The molecule has 4 rings (SSSR count). The minimum Gasteiger partial charge on any atom is -0.477 e. The number of fused-ring (bicyclic) bond motifs is 1. The Hall–Kier alpha value is -4.01. The third kappa shape index (κ3) is 3.25. The van der Waals surface area contributed by atoms with Crippen molar-refractivity contribution in [3.63, 3.8) is 0 Å². The molecule has 9 nitrogen and oxygen atoms in total. The summed E-state index contributed by atoms with van der Waals surface area (Å²) < 4.78 is 2.72. The monoisotopic (exact) mass is 362 g/mol. The maximum atomic E-state index is 12.3. The highest BCUT2D eigenvalue weighted by Gasteiger charge is 2.18. The van der Waals surface area contributed by atoms with Gasteiger partial charge in [0.05, 0.1) is 6.42 Å². The van der Waals surface area contributed by atoms with Gasteiger partial charge in [0.15, 0.2) is 11.3 Å². The molecule has 1 aromatic carbocycles. The highest BCUT2D eigenvalue weighted by molar-refractivity contribution is 5.91. The molecule has 0 aliphatic rings. The lowest BCUT2D eigenvalue weighted by atomic mass is 10.1. The number of rotatable bonds is 5. The van der Waals surface area contributed by atoms with E-state index in [1.54, 1.807) is 29.2 Å². The molecule has 3 aromatic heterocycles. The van der Waals surface area contributed by atoms with Gasteiger partial charge in [-0.2, -0.15) is 10.1 Å². The van der Waals surface area contributed by atoms with Crippen molar-refractivity contribution in [2.75, 3.05) is 5.32 Å². The van der Waals surface area contributed by atoms with Gasteiger partial charge < -0.3 is 5.11 Å². The van der Waals surface area contributed by atoms with E-state index in [9.17, 15) is 14.7 Å². The number of nitrogens with zero attached hydrogens (tertiary/aromatic N) is 5. The lowest BCUT2D eigenvalue weighted by molar-refractivity contribution is -0.115. The Morgan fingerprint density at radius 1 is 1.07 bits per heavy atom. The maximum absolute atomic E-state index is 12.3. The van der Waals surface area contributed by atoms with Crippen molar-refractivity contribution in [1.29, 1.82) is 0 Å². The minimum atomic E-state index is -1.15. The first kappa shape index (κ1) is 16.5. The minimum absolute atomic E-state index is 0.0260. The van der Waals surface area contributed by atoms with Crippen molar-refractivity contribution in [2.24, 2.45) is 0 Å². The molecule has 0 radical (unpaired) electrons. The molecule has 134 valence electrons. The van der Waals surface area contributed by atoms with Crippen molar-refractivity contribution in [3.05, 3.63) is 72.2 Å². The van der Waals surface area contributed by atoms with Crippen molar-refractivity contribution < 1.29 is 14.7 Å². The molecular formula is C18H14N6O3. The number of nitrogens with one attached hydrogen (secondary N) is 1. The fourth-order valence-electron chi connectivity index (χ4n) is 2.70. The van der Waals surface area contributed by atoms with Crippen LogP contribution in [0.1, 0.15) is 16.1 Å². The number of carbonyl (C=O) groups excluding carboxylic acids is 1. The molecule has 3 heterocycles. The van der Waals surface area contributed by atoms with Crippen molar-refractivity contribution >= 4 is 23.5 Å². The van der Waals surface area contributed by atoms with Gasteiger partial charge in [0.25, 0.3) is 0 Å². The third-order valence-corrected chi connectivity index (χ3v) is 3.89. The summed E-state index contributed by atoms with van der Waals surface area (Å²) in [5.41, 5.74) is 1.59. The summed E-state index contributed by atoms with van der Waals surface area (Å²) in [5, 5.41) is 20.3. The summed E-state index contributed by atoms with van der Waals surface area (Å²) >= 11 is 0. The Bertz CT molecular complexity index is 1120. The molecule has 0 unspecified atom stereocenters. The lowest BCUT2D eigenvalue weighted by Gasteiger charge is -2.04. The van der Waals surface area contributed by atoms with Crippen LogP contribution < -0.4 is 5.32 Å². The van der Waals surface area contributed by atoms with E-state index in [2.05, 4.69) is 20.5 Å². The smallest absolute Gasteiger partial charge is 0.354 e. The number of aromatic nitrogens is 5. The normalized spacial score (nSPS) is 10.8. The topological polar surface area (TPSA) is 114 Å². The van der Waals surface area contributed by atoms with E-state index in [1.165, 1.54) is 10.6 Å². The van der Waals surface area contributed by atoms with Crippen molar-refractivity contribution in [2.45, 2.75) is 6.42 Å². The fourth-order valence-corrected chi connectivity index (χ4v) is 2.70. The van der Waals surface area contributed by atoms with Gasteiger partial charge in [-0.05, 0) is 23.8 Å². The number of carboxylic acids is 1. The molecule has 2 N–H and O–H groups in total. The van der Waals surface area contributed by atoms with Crippen LogP contribution in [-0.4, -0.2) is 41.4 Å². The molecule has 9 heteroatoms. The van der Waals surface area contributed by atoms with Crippen LogP contribution in [0.2, 0.25) is 0 Å². The van der Waals surface area contributed by atoms with E-state index in [4.69, 9.17) is 0 Å². The van der Waals surface area contributed by atoms with Crippen molar-refractivity contribution in [3.8, 4) is 5.69 Å². The van der Waals surface area contributed by atoms with E-state index < -0.39 is 5.97 Å². The Kier molecular flexibility index (Phi) is 4.09. The quantitative estimate of drug-likeness (QED) is 0.559. The van der Waals surface area contributed by atoms with Gasteiger partial charge in [0.1, 0.15) is 5.69 Å². The van der Waals surface area contributed by atoms with Crippen LogP contribution >= 0.6 is 0 Å². The molecule has 0 aliphatic carbocycles. The zero-order valence-corrected chi connectivity index (χ0v) is 14.0. The van der Waals surface area contributed by atoms with Gasteiger partial charge in [-0.15, -0.1) is 5.10 Å². The predicted octanol–water partition coefficient (Wildman–Crippen LogP) is 1.79. The van der Waals surface area contributed by atoms with Gasteiger partial charge in [-0.25, -0.2) is 14.0 Å². The van der Waals surface area contributed by atoms with E-state index >= 15 is 0 Å². The Morgan fingerprint density at radius 3 is 2.59 bits per heavy atom. The van der Waals surface area contributed by atoms with Gasteiger partial charge in [-0.3, -0.25) is 10.1 Å². The average Bonchev–Trinajstić information content (AvgIpc) is 3.31. The number of aromatic carboxylic acids is 1. The first-order chi connectivity index (χ1) is 13.1. The number of amides is 1. The summed E-state index contributed by atoms with van der Waals surface area (Å²) in [6, 6.07) is 14.0. The molecule has 0 fully saturated rings. The highest BCUT2D eigenvalue weighted by atomic mass is 16.4. The van der Waals surface area contributed by atoms with E-state index in [-0.39, 0.29) is 29.6 Å². The van der Waals surface area contributed by atoms with Crippen LogP contribution in [0.15, 0.2) is 60.9 Å². The molecule has 4 aromatic rings. The molecule has 0 saturated carbocycles. The fraction of sp³-hybridized carbons (Fsp3) is 0.0556. The number of pyridine rings is 1. The standard InChI is InChI=1S/C18H14N6O3/c25-15(11-12-5-2-1-3-6-12)20-18-21-16-13(23-10-4-9-19-23)7-8-14(17(26)27)24(16)22-18/h1-10H,11H2,(H,26,27)(H,20,22,25).